The van der Waals surface area contributed by atoms with Crippen LogP contribution in [0.3, 0.4) is 0 Å². The molecule has 0 radical (unpaired) electrons. The van der Waals surface area contributed by atoms with Gasteiger partial charge in [0.1, 0.15) is 0 Å². The average Bonchev–Trinajstić information content (AvgIpc) is 2.88. The van der Waals surface area contributed by atoms with E-state index in [4.69, 9.17) is 0 Å². The molecule has 0 atom stereocenters. The quantitative estimate of drug-likeness (QED) is 0.278. The fourth-order valence-electron chi connectivity index (χ4n) is 4.48. The maximum atomic E-state index is 13.4. The van der Waals surface area contributed by atoms with E-state index in [1.165, 1.54) is 4.90 Å². The normalized spacial score (nSPS) is 15.5. The molecule has 0 bridgehead atoms. The highest BCUT2D eigenvalue weighted by Crippen LogP contribution is 2.38. The molecule has 1 saturated heterocycles. The molecule has 0 saturated carbocycles. The summed E-state index contributed by atoms with van der Waals surface area (Å²) in [4.78, 5) is 16.5. The molecule has 0 unspecified atom stereocenters. The molecule has 1 amide bonds. The molecule has 1 heterocycles. The van der Waals surface area contributed by atoms with Crippen molar-refractivity contribution in [1.29, 1.82) is 0 Å². The Morgan fingerprint density at radius 3 is 1.76 bits per heavy atom. The molecular formula is C28H24F6N2O. The zero-order valence-corrected chi connectivity index (χ0v) is 19.6. The van der Waals surface area contributed by atoms with Gasteiger partial charge in [-0.05, 0) is 34.9 Å². The number of nitrogens with zero attached hydrogens (tertiary/aromatic N) is 2. The average molecular weight is 519 g/mol. The van der Waals surface area contributed by atoms with Crippen LogP contribution in [0.4, 0.5) is 26.3 Å². The summed E-state index contributed by atoms with van der Waals surface area (Å²) in [6, 6.07) is 21.3. The molecule has 0 spiro atoms. The molecule has 1 aliphatic rings. The Hall–Kier alpha value is -3.59. The van der Waals surface area contributed by atoms with E-state index in [1.807, 2.05) is 60.7 Å². The second-order valence-corrected chi connectivity index (χ2v) is 8.72. The van der Waals surface area contributed by atoms with Gasteiger partial charge in [-0.1, -0.05) is 66.7 Å². The van der Waals surface area contributed by atoms with E-state index in [-0.39, 0.29) is 12.1 Å². The van der Waals surface area contributed by atoms with Gasteiger partial charge < -0.3 is 4.90 Å². The van der Waals surface area contributed by atoms with Crippen LogP contribution in [0.25, 0.3) is 6.08 Å². The first-order valence-corrected chi connectivity index (χ1v) is 11.6. The lowest BCUT2D eigenvalue weighted by molar-refractivity contribution is -0.143. The summed E-state index contributed by atoms with van der Waals surface area (Å²) in [7, 11) is 0. The van der Waals surface area contributed by atoms with Gasteiger partial charge in [0.05, 0.1) is 17.2 Å². The van der Waals surface area contributed by atoms with E-state index >= 15 is 0 Å². The minimum atomic E-state index is -5.00. The van der Waals surface area contributed by atoms with Crippen LogP contribution in [0.15, 0.2) is 84.9 Å². The highest BCUT2D eigenvalue weighted by atomic mass is 19.4. The first-order valence-electron chi connectivity index (χ1n) is 11.6. The third-order valence-electron chi connectivity index (χ3n) is 6.31. The molecule has 4 rings (SSSR count). The van der Waals surface area contributed by atoms with Crippen molar-refractivity contribution in [2.45, 2.75) is 18.4 Å². The first kappa shape index (κ1) is 26.5. The number of carbonyl (C=O) groups excluding carboxylic acids is 1. The molecule has 37 heavy (non-hydrogen) atoms. The summed E-state index contributed by atoms with van der Waals surface area (Å²) >= 11 is 0. The van der Waals surface area contributed by atoms with Gasteiger partial charge in [-0.25, -0.2) is 0 Å². The van der Waals surface area contributed by atoms with E-state index in [9.17, 15) is 31.1 Å². The fourth-order valence-corrected chi connectivity index (χ4v) is 4.48. The van der Waals surface area contributed by atoms with Gasteiger partial charge in [0.2, 0.25) is 5.91 Å². The van der Waals surface area contributed by atoms with E-state index < -0.39 is 35.0 Å². The van der Waals surface area contributed by atoms with Crippen LogP contribution < -0.4 is 0 Å². The topological polar surface area (TPSA) is 23.6 Å². The van der Waals surface area contributed by atoms with Crippen molar-refractivity contribution in [2.24, 2.45) is 0 Å². The Morgan fingerprint density at radius 2 is 1.27 bits per heavy atom. The van der Waals surface area contributed by atoms with Gasteiger partial charge in [-0.15, -0.1) is 0 Å². The highest BCUT2D eigenvalue weighted by Gasteiger charge is 2.37. The summed E-state index contributed by atoms with van der Waals surface area (Å²) in [5.41, 5.74) is -1.12. The van der Waals surface area contributed by atoms with Gasteiger partial charge in [-0.2, -0.15) is 26.3 Å². The second kappa shape index (κ2) is 10.8. The van der Waals surface area contributed by atoms with E-state index in [0.717, 1.165) is 29.3 Å². The lowest BCUT2D eigenvalue weighted by Gasteiger charge is -2.39. The zero-order valence-electron chi connectivity index (χ0n) is 19.6. The lowest BCUT2D eigenvalue weighted by Crippen LogP contribution is -2.49. The van der Waals surface area contributed by atoms with Gasteiger partial charge >= 0.3 is 12.4 Å². The lowest BCUT2D eigenvalue weighted by atomic mass is 9.96. The maximum absolute atomic E-state index is 13.4. The minimum absolute atomic E-state index is 0.0170. The van der Waals surface area contributed by atoms with E-state index in [2.05, 4.69) is 4.90 Å². The van der Waals surface area contributed by atoms with Gasteiger partial charge in [0, 0.05) is 32.3 Å². The number of hydrogen-bond acceptors (Lipinski definition) is 2. The Bertz CT molecular complexity index is 1190. The fraction of sp³-hybridized carbons (Fsp3) is 0.250. The SMILES string of the molecule is O=C(/C=C/c1ccc(C(F)(F)F)cc1C(F)(F)F)N1CCN(C(c2ccccc2)c2ccccc2)CC1. The zero-order chi connectivity index (χ0) is 26.6. The van der Waals surface area contributed by atoms with Crippen molar-refractivity contribution in [3.63, 3.8) is 0 Å². The number of amides is 1. The van der Waals surface area contributed by atoms with E-state index in [0.29, 0.717) is 32.2 Å². The van der Waals surface area contributed by atoms with Crippen LogP contribution in [0, 0.1) is 0 Å². The number of carbonyl (C=O) groups is 1. The number of alkyl halides is 6. The summed E-state index contributed by atoms with van der Waals surface area (Å²) in [6.07, 6.45) is -8.00. The molecule has 194 valence electrons. The van der Waals surface area contributed by atoms with Crippen molar-refractivity contribution >= 4 is 12.0 Å². The Morgan fingerprint density at radius 1 is 0.730 bits per heavy atom. The molecule has 1 fully saturated rings. The maximum Gasteiger partial charge on any atom is 0.417 e. The van der Waals surface area contributed by atoms with Crippen LogP contribution in [-0.2, 0) is 17.1 Å². The number of halogens is 6. The third kappa shape index (κ3) is 6.40. The third-order valence-corrected chi connectivity index (χ3v) is 6.31. The second-order valence-electron chi connectivity index (χ2n) is 8.72. The summed E-state index contributed by atoms with van der Waals surface area (Å²) in [6.45, 7) is 1.81. The summed E-state index contributed by atoms with van der Waals surface area (Å²) in [5, 5.41) is 0. The van der Waals surface area contributed by atoms with Crippen molar-refractivity contribution in [3.8, 4) is 0 Å². The standard InChI is InChI=1S/C28H24F6N2O/c29-27(30,31)23-13-11-20(24(19-23)28(32,33)34)12-14-25(37)35-15-17-36(18-16-35)26(21-7-3-1-4-8-21)22-9-5-2-6-10-22/h1-14,19,26H,15-18H2/b14-12+. The molecule has 0 N–H and O–H groups in total. The molecule has 3 aromatic carbocycles. The highest BCUT2D eigenvalue weighted by molar-refractivity contribution is 5.92. The van der Waals surface area contributed by atoms with Gasteiger partial charge in [0.15, 0.2) is 0 Å². The molecular weight excluding hydrogens is 494 g/mol. The molecule has 3 nitrogen and oxygen atoms in total. The minimum Gasteiger partial charge on any atom is -0.337 e. The number of benzene rings is 3. The van der Waals surface area contributed by atoms with E-state index in [1.54, 1.807) is 0 Å². The van der Waals surface area contributed by atoms with Crippen LogP contribution >= 0.6 is 0 Å². The summed E-state index contributed by atoms with van der Waals surface area (Å²) in [5.74, 6) is -0.497. The van der Waals surface area contributed by atoms with Gasteiger partial charge in [0.25, 0.3) is 0 Å². The van der Waals surface area contributed by atoms with Crippen LogP contribution in [0.5, 0.6) is 0 Å². The molecule has 0 aromatic heterocycles. The van der Waals surface area contributed by atoms with Crippen molar-refractivity contribution in [3.05, 3.63) is 113 Å². The van der Waals surface area contributed by atoms with Crippen molar-refractivity contribution in [2.75, 3.05) is 26.2 Å². The first-order chi connectivity index (χ1) is 17.5. The largest absolute Gasteiger partial charge is 0.417 e. The number of piperazine rings is 1. The van der Waals surface area contributed by atoms with Crippen LogP contribution in [0.1, 0.15) is 33.9 Å². The smallest absolute Gasteiger partial charge is 0.337 e. The van der Waals surface area contributed by atoms with Crippen molar-refractivity contribution in [1.82, 2.24) is 9.80 Å². The van der Waals surface area contributed by atoms with Crippen molar-refractivity contribution < 1.29 is 31.1 Å². The Balaban J connectivity index is 1.47. The monoisotopic (exact) mass is 518 g/mol. The molecule has 0 aliphatic carbocycles. The molecule has 9 heteroatoms. The number of hydrogen-bond donors (Lipinski definition) is 0. The van der Waals surface area contributed by atoms with Crippen LogP contribution in [0.2, 0.25) is 0 Å². The Labute approximate surface area is 210 Å². The predicted octanol–water partition coefficient (Wildman–Crippen LogP) is 6.67. The molecule has 3 aromatic rings. The Kier molecular flexibility index (Phi) is 7.73. The van der Waals surface area contributed by atoms with Crippen LogP contribution in [-0.4, -0.2) is 41.9 Å². The molecule has 1 aliphatic heterocycles. The summed E-state index contributed by atoms with van der Waals surface area (Å²) < 4.78 is 78.9. The predicted molar refractivity (Wildman–Crippen MR) is 128 cm³/mol. The van der Waals surface area contributed by atoms with Gasteiger partial charge in [-0.3, -0.25) is 9.69 Å². The number of rotatable bonds is 5.